The molecule has 1 saturated heterocycles. The molecule has 3 aromatic heterocycles. The van der Waals surface area contributed by atoms with Crippen LogP contribution in [0.5, 0.6) is 0 Å². The van der Waals surface area contributed by atoms with Gasteiger partial charge in [0.2, 0.25) is 0 Å². The molecule has 0 N–H and O–H groups in total. The molecule has 0 bridgehead atoms. The monoisotopic (exact) mass is 550 g/mol. The molecule has 0 saturated carbocycles. The average molecular weight is 551 g/mol. The zero-order chi connectivity index (χ0) is 25.2. The average Bonchev–Trinajstić information content (AvgIpc) is 3.39. The number of carbonyl (C=O) groups is 2. The van der Waals surface area contributed by atoms with E-state index in [1.807, 2.05) is 0 Å². The number of carbonyl (C=O) groups excluding carboxylic acids is 2. The fourth-order valence-electron chi connectivity index (χ4n) is 4.30. The van der Waals surface area contributed by atoms with Crippen molar-refractivity contribution in [1.82, 2.24) is 14.0 Å². The normalized spacial score (nSPS) is 16.1. The van der Waals surface area contributed by atoms with Crippen LogP contribution >= 0.6 is 15.9 Å². The quantitative estimate of drug-likeness (QED) is 0.278. The second-order valence-electron chi connectivity index (χ2n) is 8.36. The van der Waals surface area contributed by atoms with Gasteiger partial charge >= 0.3 is 5.97 Å². The molecule has 4 aromatic rings. The minimum absolute atomic E-state index is 0.0143. The first-order valence-electron chi connectivity index (χ1n) is 11.6. The second-order valence-corrected chi connectivity index (χ2v) is 9.27. The van der Waals surface area contributed by atoms with Gasteiger partial charge in [-0.3, -0.25) is 14.0 Å². The maximum Gasteiger partial charge on any atom is 0.341 e. The van der Waals surface area contributed by atoms with Crippen LogP contribution in [0.15, 0.2) is 69.0 Å². The number of benzene rings is 1. The number of amides is 1. The largest absolute Gasteiger partial charge is 0.462 e. The molecule has 1 aromatic carbocycles. The summed E-state index contributed by atoms with van der Waals surface area (Å²) >= 11 is 3.37. The van der Waals surface area contributed by atoms with E-state index in [1.54, 1.807) is 60.2 Å². The zero-order valence-electron chi connectivity index (χ0n) is 19.5. The van der Waals surface area contributed by atoms with Crippen LogP contribution in [0, 0.1) is 0 Å². The summed E-state index contributed by atoms with van der Waals surface area (Å²) in [7, 11) is 0. The Balaban J connectivity index is 1.86. The van der Waals surface area contributed by atoms with E-state index in [9.17, 15) is 14.4 Å². The van der Waals surface area contributed by atoms with Crippen LogP contribution in [-0.4, -0.2) is 45.1 Å². The first-order valence-corrected chi connectivity index (χ1v) is 12.4. The highest BCUT2D eigenvalue weighted by molar-refractivity contribution is 9.10. The van der Waals surface area contributed by atoms with Crippen molar-refractivity contribution in [2.45, 2.75) is 32.4 Å². The predicted octanol–water partition coefficient (Wildman–Crippen LogP) is 3.51. The Morgan fingerprint density at radius 2 is 2.08 bits per heavy atom. The molecule has 10 heteroatoms. The molecule has 0 aliphatic carbocycles. The van der Waals surface area contributed by atoms with Gasteiger partial charge in [-0.2, -0.15) is 4.99 Å². The summed E-state index contributed by atoms with van der Waals surface area (Å²) in [5.41, 5.74) is 0.843. The van der Waals surface area contributed by atoms with E-state index in [0.717, 1.165) is 17.3 Å². The Labute approximate surface area is 214 Å². The van der Waals surface area contributed by atoms with Gasteiger partial charge in [0.1, 0.15) is 16.9 Å². The molecule has 9 nitrogen and oxygen atoms in total. The van der Waals surface area contributed by atoms with Crippen LogP contribution in [0.4, 0.5) is 0 Å². The van der Waals surface area contributed by atoms with Crippen molar-refractivity contribution >= 4 is 44.5 Å². The van der Waals surface area contributed by atoms with E-state index in [-0.39, 0.29) is 41.3 Å². The Kier molecular flexibility index (Phi) is 6.80. The van der Waals surface area contributed by atoms with E-state index in [2.05, 4.69) is 20.9 Å². The molecule has 5 rings (SSSR count). The number of pyridine rings is 2. The van der Waals surface area contributed by atoms with Gasteiger partial charge < -0.3 is 14.0 Å². The summed E-state index contributed by atoms with van der Waals surface area (Å²) in [6.45, 7) is 2.69. The number of nitrogens with zero attached hydrogens (tertiary/aromatic N) is 4. The molecule has 0 radical (unpaired) electrons. The molecule has 1 amide bonds. The number of hydrogen-bond donors (Lipinski definition) is 0. The third kappa shape index (κ3) is 4.61. The van der Waals surface area contributed by atoms with Crippen molar-refractivity contribution in [3.8, 4) is 0 Å². The smallest absolute Gasteiger partial charge is 0.341 e. The number of ether oxygens (including phenoxy) is 2. The van der Waals surface area contributed by atoms with Crippen LogP contribution in [0.2, 0.25) is 0 Å². The lowest BCUT2D eigenvalue weighted by Crippen LogP contribution is -2.35. The number of halogens is 1. The molecular weight excluding hydrogens is 528 g/mol. The predicted molar refractivity (Wildman–Crippen MR) is 136 cm³/mol. The third-order valence-corrected chi connectivity index (χ3v) is 6.47. The van der Waals surface area contributed by atoms with Gasteiger partial charge in [-0.05, 0) is 56.2 Å². The van der Waals surface area contributed by atoms with Crippen molar-refractivity contribution in [3.05, 3.63) is 86.2 Å². The third-order valence-electron chi connectivity index (χ3n) is 5.97. The van der Waals surface area contributed by atoms with Crippen LogP contribution in [0.3, 0.4) is 0 Å². The SMILES string of the molecule is CCOC(=O)c1cc2c(=O)n3ccccc3nc2n(CC2CCCO2)c1=NC(=O)c1cccc(Br)c1. The first-order chi connectivity index (χ1) is 17.5. The highest BCUT2D eigenvalue weighted by Gasteiger charge is 2.24. The maximum atomic E-state index is 13.4. The summed E-state index contributed by atoms with van der Waals surface area (Å²) in [4.78, 5) is 48.8. The Bertz CT molecular complexity index is 1620. The van der Waals surface area contributed by atoms with Gasteiger partial charge in [-0.15, -0.1) is 0 Å². The second kappa shape index (κ2) is 10.2. The highest BCUT2D eigenvalue weighted by Crippen LogP contribution is 2.18. The van der Waals surface area contributed by atoms with Gasteiger partial charge in [0.25, 0.3) is 11.5 Å². The van der Waals surface area contributed by atoms with E-state index in [4.69, 9.17) is 14.5 Å². The van der Waals surface area contributed by atoms with Crippen LogP contribution < -0.4 is 11.0 Å². The molecular formula is C26H23BrN4O5. The summed E-state index contributed by atoms with van der Waals surface area (Å²) < 4.78 is 14.9. The molecule has 1 fully saturated rings. The lowest BCUT2D eigenvalue weighted by Gasteiger charge is -2.18. The minimum atomic E-state index is -0.682. The Morgan fingerprint density at radius 3 is 2.83 bits per heavy atom. The number of aromatic nitrogens is 3. The van der Waals surface area contributed by atoms with Gasteiger partial charge in [0, 0.05) is 22.8 Å². The minimum Gasteiger partial charge on any atom is -0.462 e. The molecule has 1 unspecified atom stereocenters. The summed E-state index contributed by atoms with van der Waals surface area (Å²) in [5.74, 6) is -1.22. The number of rotatable bonds is 5. The number of hydrogen-bond acceptors (Lipinski definition) is 6. The molecule has 184 valence electrons. The molecule has 1 atom stereocenters. The van der Waals surface area contributed by atoms with Crippen molar-refractivity contribution in [2.24, 2.45) is 4.99 Å². The summed E-state index contributed by atoms with van der Waals surface area (Å²) in [6.07, 6.45) is 3.13. The van der Waals surface area contributed by atoms with Gasteiger partial charge in [0.05, 0.1) is 24.6 Å². The fourth-order valence-corrected chi connectivity index (χ4v) is 4.70. The summed E-state index contributed by atoms with van der Waals surface area (Å²) in [5, 5.41) is 0.216. The standard InChI is InChI=1S/C26H23BrN4O5/c1-2-35-26(34)20-14-19-22(28-21-10-3-4-11-30(21)25(19)33)31(15-18-9-6-12-36-18)23(20)29-24(32)16-7-5-8-17(27)13-16/h3-5,7-8,10-11,13-14,18H,2,6,9,12,15H2,1H3. The zero-order valence-corrected chi connectivity index (χ0v) is 21.1. The van der Waals surface area contributed by atoms with Crippen molar-refractivity contribution in [1.29, 1.82) is 0 Å². The fraction of sp³-hybridized carbons (Fsp3) is 0.269. The van der Waals surface area contributed by atoms with Crippen LogP contribution in [0.1, 0.15) is 40.5 Å². The van der Waals surface area contributed by atoms with E-state index in [1.165, 1.54) is 10.5 Å². The molecule has 1 aliphatic heterocycles. The number of esters is 1. The lowest BCUT2D eigenvalue weighted by atomic mass is 10.1. The molecule has 0 spiro atoms. The maximum absolute atomic E-state index is 13.4. The van der Waals surface area contributed by atoms with Crippen LogP contribution in [0.25, 0.3) is 16.7 Å². The lowest BCUT2D eigenvalue weighted by molar-refractivity contribution is 0.0521. The topological polar surface area (TPSA) is 104 Å². The van der Waals surface area contributed by atoms with E-state index >= 15 is 0 Å². The molecule has 1 aliphatic rings. The molecule has 4 heterocycles. The van der Waals surface area contributed by atoms with Gasteiger partial charge in [-0.1, -0.05) is 28.1 Å². The van der Waals surface area contributed by atoms with Crippen molar-refractivity contribution in [2.75, 3.05) is 13.2 Å². The molecule has 36 heavy (non-hydrogen) atoms. The van der Waals surface area contributed by atoms with Gasteiger partial charge in [-0.25, -0.2) is 9.78 Å². The first kappa shape index (κ1) is 24.1. The highest BCUT2D eigenvalue weighted by atomic mass is 79.9. The Morgan fingerprint density at radius 1 is 1.22 bits per heavy atom. The van der Waals surface area contributed by atoms with Crippen molar-refractivity contribution < 1.29 is 19.1 Å². The Hall–Kier alpha value is -3.63. The summed E-state index contributed by atoms with van der Waals surface area (Å²) in [6, 6.07) is 13.5. The van der Waals surface area contributed by atoms with Crippen LogP contribution in [-0.2, 0) is 16.0 Å². The van der Waals surface area contributed by atoms with E-state index in [0.29, 0.717) is 23.5 Å². The van der Waals surface area contributed by atoms with E-state index < -0.39 is 11.9 Å². The number of fused-ring (bicyclic) bond motifs is 2. The van der Waals surface area contributed by atoms with Gasteiger partial charge in [0.15, 0.2) is 5.49 Å². The van der Waals surface area contributed by atoms with Crippen molar-refractivity contribution in [3.63, 3.8) is 0 Å².